The van der Waals surface area contributed by atoms with Crippen molar-refractivity contribution in [2.24, 2.45) is 0 Å². The van der Waals surface area contributed by atoms with Crippen LogP contribution in [0.2, 0.25) is 0 Å². The van der Waals surface area contributed by atoms with Gasteiger partial charge in [0, 0.05) is 0 Å². The van der Waals surface area contributed by atoms with E-state index in [1.807, 2.05) is 0 Å². The summed E-state index contributed by atoms with van der Waals surface area (Å²) in [6.07, 6.45) is 7.15. The van der Waals surface area contributed by atoms with Gasteiger partial charge in [0.25, 0.3) is 0 Å². The molecule has 37 heavy (non-hydrogen) atoms. The first kappa shape index (κ1) is 28.4. The quantitative estimate of drug-likeness (QED) is 0.207. The Morgan fingerprint density at radius 1 is 0.622 bits per heavy atom. The molecule has 1 nitrogen and oxygen atoms in total. The standard InChI is InChI=1S/2C13H9.C6H14N.BH.2ClH.Zr/c2*1-2-6-12-10(4-1)8-9-11-5-3-7-13(11)12;1-5(2)7-6(3)4;;;;/h2*1-4,6,8-9H,5H2;5-6H,1-4H3;3*1H;/q;;-1;;;;+1. The van der Waals surface area contributed by atoms with E-state index in [9.17, 15) is 0 Å². The molecular weight excluding hydrogens is 571 g/mol. The third kappa shape index (κ3) is 4.41. The molecule has 0 N–H and O–H groups in total. The first-order chi connectivity index (χ1) is 16.9. The van der Waals surface area contributed by atoms with E-state index in [0.29, 0.717) is 12.1 Å². The van der Waals surface area contributed by atoms with Crippen LogP contribution in [0.4, 0.5) is 0 Å². The Hall–Kier alpha value is -1.63. The van der Waals surface area contributed by atoms with Gasteiger partial charge in [-0.3, -0.25) is 0 Å². The van der Waals surface area contributed by atoms with Crippen LogP contribution >= 0.6 is 24.8 Å². The summed E-state index contributed by atoms with van der Waals surface area (Å²) in [5.74, 6) is 0. The van der Waals surface area contributed by atoms with Gasteiger partial charge in [0.2, 0.25) is 0 Å². The van der Waals surface area contributed by atoms with Gasteiger partial charge in [0.1, 0.15) is 0 Å². The predicted molar refractivity (Wildman–Crippen MR) is 165 cm³/mol. The number of hydrogen-bond donors (Lipinski definition) is 0. The van der Waals surface area contributed by atoms with Gasteiger partial charge < -0.3 is 0 Å². The van der Waals surface area contributed by atoms with Gasteiger partial charge in [0.05, 0.1) is 0 Å². The molecule has 0 saturated heterocycles. The third-order valence-electron chi connectivity index (χ3n) is 8.07. The number of nitrogens with zero attached hydrogens (tertiary/aromatic N) is 1. The molecule has 0 bridgehead atoms. The topological polar surface area (TPSA) is 3.24 Å². The molecule has 0 atom stereocenters. The molecule has 0 heterocycles. The van der Waals surface area contributed by atoms with Crippen molar-refractivity contribution in [1.29, 1.82) is 0 Å². The fraction of sp³-hybridized carbons (Fsp3) is 0.250. The molecular formula is C32H35BCl2NZr. The molecule has 2 aliphatic carbocycles. The summed E-state index contributed by atoms with van der Waals surface area (Å²) in [6, 6.07) is 28.0. The van der Waals surface area contributed by atoms with E-state index < -0.39 is 19.8 Å². The summed E-state index contributed by atoms with van der Waals surface area (Å²) in [5.41, 5.74) is 5.89. The molecule has 2 aliphatic rings. The van der Waals surface area contributed by atoms with Crippen LogP contribution in [0.3, 0.4) is 0 Å². The summed E-state index contributed by atoms with van der Waals surface area (Å²) in [6.45, 7) is 9.48. The minimum absolute atomic E-state index is 0. The van der Waals surface area contributed by atoms with Crippen molar-refractivity contribution >= 4 is 57.9 Å². The van der Waals surface area contributed by atoms with Gasteiger partial charge in [-0.05, 0) is 0 Å². The molecule has 4 aromatic rings. The van der Waals surface area contributed by atoms with Crippen LogP contribution < -0.4 is 0 Å². The molecule has 0 spiro atoms. The van der Waals surface area contributed by atoms with Crippen LogP contribution in [-0.2, 0) is 32.7 Å². The monoisotopic (exact) mass is 604 g/mol. The number of rotatable bonds is 5. The molecule has 0 fully saturated rings. The average molecular weight is 607 g/mol. The molecule has 0 unspecified atom stereocenters. The average Bonchev–Trinajstić information content (AvgIpc) is 3.49. The van der Waals surface area contributed by atoms with E-state index in [-0.39, 0.29) is 24.8 Å². The van der Waals surface area contributed by atoms with Crippen molar-refractivity contribution < 1.29 is 19.8 Å². The Balaban J connectivity index is 0.00000160. The summed E-state index contributed by atoms with van der Waals surface area (Å²) in [7, 11) is 0. The Bertz CT molecular complexity index is 1490. The number of fused-ring (bicyclic) bond motifs is 6. The molecule has 5 heteroatoms. The van der Waals surface area contributed by atoms with Crippen molar-refractivity contribution in [3.63, 3.8) is 0 Å². The Morgan fingerprint density at radius 2 is 1.03 bits per heavy atom. The van der Waals surface area contributed by atoms with E-state index >= 15 is 0 Å². The second kappa shape index (κ2) is 10.9. The zero-order chi connectivity index (χ0) is 24.3. The van der Waals surface area contributed by atoms with Gasteiger partial charge >= 0.3 is 216 Å². The molecule has 0 amide bonds. The summed E-state index contributed by atoms with van der Waals surface area (Å²) < 4.78 is 5.99. The van der Waals surface area contributed by atoms with Gasteiger partial charge in [0.15, 0.2) is 0 Å². The van der Waals surface area contributed by atoms with Crippen LogP contribution in [0.5, 0.6) is 0 Å². The molecule has 0 saturated carbocycles. The van der Waals surface area contributed by atoms with Crippen LogP contribution in [0.1, 0.15) is 49.9 Å². The molecule has 189 valence electrons. The molecule has 0 radical (unpaired) electrons. The van der Waals surface area contributed by atoms with Crippen LogP contribution in [-0.4, -0.2) is 19.9 Å². The Kier molecular flexibility index (Phi) is 8.33. The van der Waals surface area contributed by atoms with Gasteiger partial charge in [-0.1, -0.05) is 0 Å². The third-order valence-corrected chi connectivity index (χ3v) is 19.4. The second-order valence-electron chi connectivity index (χ2n) is 10.7. The number of halogens is 2. The fourth-order valence-corrected chi connectivity index (χ4v) is 19.0. The van der Waals surface area contributed by atoms with Crippen molar-refractivity contribution in [2.45, 2.75) is 52.6 Å². The van der Waals surface area contributed by atoms with E-state index in [1.54, 1.807) is 6.56 Å². The van der Waals surface area contributed by atoms with Gasteiger partial charge in [-0.25, -0.2) is 0 Å². The van der Waals surface area contributed by atoms with E-state index in [1.165, 1.54) is 43.8 Å². The Morgan fingerprint density at radius 3 is 1.43 bits per heavy atom. The minimum atomic E-state index is -3.63. The Labute approximate surface area is 238 Å². The van der Waals surface area contributed by atoms with Crippen molar-refractivity contribution in [2.75, 3.05) is 0 Å². The van der Waals surface area contributed by atoms with Crippen LogP contribution in [0.25, 0.3) is 28.1 Å². The summed E-state index contributed by atoms with van der Waals surface area (Å²) in [4.78, 5) is 5.39. The molecule has 6 rings (SSSR count). The molecule has 0 aromatic heterocycles. The van der Waals surface area contributed by atoms with Gasteiger partial charge in [-0.2, -0.15) is 0 Å². The van der Waals surface area contributed by atoms with E-state index in [0.717, 1.165) is 12.8 Å². The second-order valence-corrected chi connectivity index (χ2v) is 18.9. The van der Waals surface area contributed by atoms with Crippen molar-refractivity contribution in [1.82, 2.24) is 2.84 Å². The number of allylic oxidation sites excluding steroid dienone is 2. The first-order valence-corrected chi connectivity index (χ1v) is 18.3. The van der Waals surface area contributed by atoms with Crippen molar-refractivity contribution in [3.8, 4) is 0 Å². The summed E-state index contributed by atoms with van der Waals surface area (Å²) >= 11 is -3.63. The zero-order valence-corrected chi connectivity index (χ0v) is 26.2. The molecule has 0 aliphatic heterocycles. The predicted octanol–water partition coefficient (Wildman–Crippen LogP) is 8.33. The van der Waals surface area contributed by atoms with E-state index in [4.69, 9.17) is 4.94 Å². The summed E-state index contributed by atoms with van der Waals surface area (Å²) in [5, 5.41) is 5.45. The first-order valence-electron chi connectivity index (χ1n) is 13.0. The number of hydrogen-bond acceptors (Lipinski definition) is 1. The van der Waals surface area contributed by atoms with E-state index in [2.05, 4.69) is 115 Å². The zero-order valence-electron chi connectivity index (χ0n) is 22.1. The van der Waals surface area contributed by atoms with Gasteiger partial charge in [-0.15, -0.1) is 24.8 Å². The molecule has 4 aromatic carbocycles. The maximum atomic E-state index is 5.39. The maximum absolute atomic E-state index is 5.39. The van der Waals surface area contributed by atoms with Crippen LogP contribution in [0.15, 0.2) is 84.9 Å². The SMILES string of the molecule is Cl.Cl.[BH]=[Zr]([C]1=CCc2ccc3ccccc3c21)([C]1=CCc2ccc3ccccc3c21)[N](C(C)C)C(C)C. The van der Waals surface area contributed by atoms with Crippen LogP contribution in [0, 0.1) is 0 Å². The fourth-order valence-electron chi connectivity index (χ4n) is 6.89. The van der Waals surface area contributed by atoms with Crippen molar-refractivity contribution in [3.05, 3.63) is 107 Å². The normalized spacial score (nSPS) is 14.4. The number of benzene rings is 4.